The zero-order valence-corrected chi connectivity index (χ0v) is 12.2. The van der Waals surface area contributed by atoms with E-state index in [9.17, 15) is 0 Å². The Balaban J connectivity index is 1.84. The van der Waals surface area contributed by atoms with Gasteiger partial charge in [0, 0.05) is 22.7 Å². The van der Waals surface area contributed by atoms with Gasteiger partial charge >= 0.3 is 0 Å². The predicted octanol–water partition coefficient (Wildman–Crippen LogP) is 3.01. The number of fused-ring (bicyclic) bond motifs is 1. The van der Waals surface area contributed by atoms with E-state index in [0.717, 1.165) is 18.7 Å². The second-order valence-corrected chi connectivity index (χ2v) is 5.92. The maximum atomic E-state index is 5.46. The molecule has 0 amide bonds. The lowest BCUT2D eigenvalue weighted by Gasteiger charge is -2.31. The molecule has 3 heteroatoms. The first-order valence-electron chi connectivity index (χ1n) is 6.96. The SMILES string of the molecule is NCC#Cc1ccsc1CN1CCCc2ccccc21. The molecule has 1 aliphatic heterocycles. The van der Waals surface area contributed by atoms with E-state index < -0.39 is 0 Å². The van der Waals surface area contributed by atoms with Gasteiger partial charge in [0.25, 0.3) is 0 Å². The predicted molar refractivity (Wildman–Crippen MR) is 86.1 cm³/mol. The second kappa shape index (κ2) is 6.13. The van der Waals surface area contributed by atoms with Crippen molar-refractivity contribution < 1.29 is 0 Å². The molecule has 0 radical (unpaired) electrons. The van der Waals surface area contributed by atoms with Crippen molar-refractivity contribution in [3.05, 3.63) is 51.7 Å². The third-order valence-corrected chi connectivity index (χ3v) is 4.52. The van der Waals surface area contributed by atoms with Gasteiger partial charge in [0.2, 0.25) is 0 Å². The van der Waals surface area contributed by atoms with Gasteiger partial charge in [-0.25, -0.2) is 0 Å². The van der Waals surface area contributed by atoms with E-state index in [1.165, 1.54) is 29.0 Å². The Morgan fingerprint density at radius 2 is 2.15 bits per heavy atom. The largest absolute Gasteiger partial charge is 0.366 e. The van der Waals surface area contributed by atoms with E-state index in [-0.39, 0.29) is 0 Å². The molecular weight excluding hydrogens is 264 g/mol. The van der Waals surface area contributed by atoms with Crippen molar-refractivity contribution in [1.29, 1.82) is 0 Å². The lowest BCUT2D eigenvalue weighted by atomic mass is 10.0. The molecule has 2 nitrogen and oxygen atoms in total. The maximum Gasteiger partial charge on any atom is 0.0555 e. The van der Waals surface area contributed by atoms with Crippen LogP contribution in [-0.4, -0.2) is 13.1 Å². The van der Waals surface area contributed by atoms with Crippen LogP contribution in [0.5, 0.6) is 0 Å². The summed E-state index contributed by atoms with van der Waals surface area (Å²) in [5.74, 6) is 6.13. The van der Waals surface area contributed by atoms with Crippen LogP contribution in [0.3, 0.4) is 0 Å². The number of nitrogens with zero attached hydrogens (tertiary/aromatic N) is 1. The summed E-state index contributed by atoms with van der Waals surface area (Å²) in [6, 6.07) is 10.8. The highest BCUT2D eigenvalue weighted by Gasteiger charge is 2.17. The van der Waals surface area contributed by atoms with Crippen molar-refractivity contribution in [2.24, 2.45) is 5.73 Å². The number of nitrogens with two attached hydrogens (primary N) is 1. The van der Waals surface area contributed by atoms with Crippen molar-refractivity contribution in [2.45, 2.75) is 19.4 Å². The van der Waals surface area contributed by atoms with Crippen LogP contribution in [0.2, 0.25) is 0 Å². The molecule has 0 unspecified atom stereocenters. The first kappa shape index (κ1) is 13.2. The number of benzene rings is 1. The highest BCUT2D eigenvalue weighted by molar-refractivity contribution is 7.10. The molecular formula is C17H18N2S. The van der Waals surface area contributed by atoms with Gasteiger partial charge in [-0.05, 0) is 35.9 Å². The van der Waals surface area contributed by atoms with E-state index >= 15 is 0 Å². The molecule has 0 atom stereocenters. The molecule has 0 saturated carbocycles. The standard InChI is InChI=1S/C17H18N2S/c18-10-3-6-15-9-12-20-17(15)13-19-11-4-7-14-5-1-2-8-16(14)19/h1-2,5,8-9,12H,4,7,10-11,13,18H2. The number of hydrogen-bond donors (Lipinski definition) is 1. The summed E-state index contributed by atoms with van der Waals surface area (Å²) in [6.07, 6.45) is 2.42. The summed E-state index contributed by atoms with van der Waals surface area (Å²) < 4.78 is 0. The second-order valence-electron chi connectivity index (χ2n) is 4.92. The topological polar surface area (TPSA) is 29.3 Å². The Hall–Kier alpha value is -1.76. The monoisotopic (exact) mass is 282 g/mol. The highest BCUT2D eigenvalue weighted by Crippen LogP contribution is 2.29. The summed E-state index contributed by atoms with van der Waals surface area (Å²) in [5, 5.41) is 2.12. The summed E-state index contributed by atoms with van der Waals surface area (Å²) >= 11 is 1.78. The lowest BCUT2D eigenvalue weighted by molar-refractivity contribution is 0.694. The van der Waals surface area contributed by atoms with Crippen LogP contribution in [0.4, 0.5) is 5.69 Å². The zero-order valence-electron chi connectivity index (χ0n) is 11.4. The van der Waals surface area contributed by atoms with Gasteiger partial charge in [0.05, 0.1) is 13.1 Å². The zero-order chi connectivity index (χ0) is 13.8. The summed E-state index contributed by atoms with van der Waals surface area (Å²) in [4.78, 5) is 3.81. The van der Waals surface area contributed by atoms with Crippen LogP contribution in [0.15, 0.2) is 35.7 Å². The Bertz CT molecular complexity index is 648. The van der Waals surface area contributed by atoms with Crippen LogP contribution in [0, 0.1) is 11.8 Å². The van der Waals surface area contributed by atoms with E-state index in [4.69, 9.17) is 5.73 Å². The normalized spacial score (nSPS) is 13.6. The van der Waals surface area contributed by atoms with E-state index in [1.54, 1.807) is 11.3 Å². The summed E-state index contributed by atoms with van der Waals surface area (Å²) in [5.41, 5.74) is 9.43. The molecule has 1 aromatic heterocycles. The number of anilines is 1. The molecule has 0 spiro atoms. The van der Waals surface area contributed by atoms with Crippen LogP contribution in [0.1, 0.15) is 22.4 Å². The summed E-state index contributed by atoms with van der Waals surface area (Å²) in [7, 11) is 0. The molecule has 20 heavy (non-hydrogen) atoms. The number of para-hydroxylation sites is 1. The third-order valence-electron chi connectivity index (χ3n) is 3.61. The molecule has 1 aromatic carbocycles. The Morgan fingerprint density at radius 3 is 3.05 bits per heavy atom. The fourth-order valence-electron chi connectivity index (χ4n) is 2.67. The molecule has 0 fully saturated rings. The molecule has 2 N–H and O–H groups in total. The van der Waals surface area contributed by atoms with Gasteiger partial charge in [-0.2, -0.15) is 0 Å². The molecule has 1 aliphatic rings. The van der Waals surface area contributed by atoms with Crippen LogP contribution >= 0.6 is 11.3 Å². The smallest absolute Gasteiger partial charge is 0.0555 e. The van der Waals surface area contributed by atoms with Gasteiger partial charge in [-0.1, -0.05) is 30.0 Å². The average molecular weight is 282 g/mol. The quantitative estimate of drug-likeness (QED) is 0.858. The summed E-state index contributed by atoms with van der Waals surface area (Å²) in [6.45, 7) is 2.49. The molecule has 0 bridgehead atoms. The van der Waals surface area contributed by atoms with E-state index in [2.05, 4.69) is 52.5 Å². The number of hydrogen-bond acceptors (Lipinski definition) is 3. The number of aryl methyl sites for hydroxylation is 1. The Morgan fingerprint density at radius 1 is 1.25 bits per heavy atom. The van der Waals surface area contributed by atoms with Crippen molar-refractivity contribution in [2.75, 3.05) is 18.0 Å². The van der Waals surface area contributed by atoms with E-state index in [1.807, 2.05) is 0 Å². The van der Waals surface area contributed by atoms with Crippen LogP contribution in [-0.2, 0) is 13.0 Å². The van der Waals surface area contributed by atoms with Crippen molar-refractivity contribution in [1.82, 2.24) is 0 Å². The average Bonchev–Trinajstić information content (AvgIpc) is 2.93. The first-order valence-corrected chi connectivity index (χ1v) is 7.84. The molecule has 102 valence electrons. The lowest BCUT2D eigenvalue weighted by Crippen LogP contribution is -2.28. The molecule has 2 heterocycles. The Kier molecular flexibility index (Phi) is 4.05. The molecule has 3 rings (SSSR count). The van der Waals surface area contributed by atoms with Crippen molar-refractivity contribution in [3.8, 4) is 11.8 Å². The third kappa shape index (κ3) is 2.72. The fourth-order valence-corrected chi connectivity index (χ4v) is 3.51. The van der Waals surface area contributed by atoms with E-state index in [0.29, 0.717) is 6.54 Å². The first-order chi connectivity index (χ1) is 9.88. The molecule has 0 saturated heterocycles. The van der Waals surface area contributed by atoms with Crippen molar-refractivity contribution in [3.63, 3.8) is 0 Å². The van der Waals surface area contributed by atoms with Gasteiger partial charge < -0.3 is 10.6 Å². The minimum absolute atomic E-state index is 0.418. The maximum absolute atomic E-state index is 5.46. The van der Waals surface area contributed by atoms with Gasteiger partial charge in [-0.3, -0.25) is 0 Å². The van der Waals surface area contributed by atoms with Crippen molar-refractivity contribution >= 4 is 17.0 Å². The fraction of sp³-hybridized carbons (Fsp3) is 0.294. The van der Waals surface area contributed by atoms with Crippen LogP contribution < -0.4 is 10.6 Å². The van der Waals surface area contributed by atoms with Gasteiger partial charge in [0.1, 0.15) is 0 Å². The minimum atomic E-state index is 0.418. The number of rotatable bonds is 2. The van der Waals surface area contributed by atoms with Gasteiger partial charge in [-0.15, -0.1) is 11.3 Å². The van der Waals surface area contributed by atoms with Crippen LogP contribution in [0.25, 0.3) is 0 Å². The number of thiophene rings is 1. The highest BCUT2D eigenvalue weighted by atomic mass is 32.1. The molecule has 2 aromatic rings. The van der Waals surface area contributed by atoms with Gasteiger partial charge in [0.15, 0.2) is 0 Å². The minimum Gasteiger partial charge on any atom is -0.366 e. The Labute approximate surface area is 124 Å². The molecule has 0 aliphatic carbocycles.